The molecule has 1 aliphatic heterocycles. The first kappa shape index (κ1) is 22.5. The molecule has 0 aliphatic carbocycles. The Balaban J connectivity index is 1.57. The molecule has 1 unspecified atom stereocenters. The molecule has 0 saturated carbocycles. The Labute approximate surface area is 192 Å². The van der Waals surface area contributed by atoms with Gasteiger partial charge >= 0.3 is 5.97 Å². The second kappa shape index (κ2) is 9.81. The van der Waals surface area contributed by atoms with Crippen molar-refractivity contribution in [2.24, 2.45) is 0 Å². The lowest BCUT2D eigenvalue weighted by Gasteiger charge is -2.37. The summed E-state index contributed by atoms with van der Waals surface area (Å²) in [5, 5.41) is 2.14. The van der Waals surface area contributed by atoms with Crippen LogP contribution in [0.5, 0.6) is 17.2 Å². The minimum atomic E-state index is -0.478. The van der Waals surface area contributed by atoms with Crippen LogP contribution in [0.1, 0.15) is 23.6 Å². The number of amides is 1. The van der Waals surface area contributed by atoms with Gasteiger partial charge in [0.2, 0.25) is 0 Å². The fourth-order valence-corrected chi connectivity index (χ4v) is 4.27. The van der Waals surface area contributed by atoms with Crippen LogP contribution < -0.4 is 14.2 Å². The number of fused-ring (bicyclic) bond motifs is 2. The first-order valence-corrected chi connectivity index (χ1v) is 10.8. The molecule has 7 nitrogen and oxygen atoms in total. The molecule has 3 aromatic carbocycles. The average molecular weight is 450 g/mol. The summed E-state index contributed by atoms with van der Waals surface area (Å²) in [6.45, 7) is 0.336. The van der Waals surface area contributed by atoms with E-state index in [-0.39, 0.29) is 18.9 Å². The summed E-state index contributed by atoms with van der Waals surface area (Å²) >= 11 is 0. The van der Waals surface area contributed by atoms with Gasteiger partial charge in [-0.3, -0.25) is 9.59 Å². The molecule has 4 rings (SSSR count). The Morgan fingerprint density at radius 2 is 1.67 bits per heavy atom. The highest BCUT2D eigenvalue weighted by atomic mass is 16.5. The predicted molar refractivity (Wildman–Crippen MR) is 124 cm³/mol. The van der Waals surface area contributed by atoms with Crippen molar-refractivity contribution in [1.29, 1.82) is 0 Å². The molecule has 0 aromatic heterocycles. The van der Waals surface area contributed by atoms with Gasteiger partial charge in [-0.2, -0.15) is 0 Å². The highest BCUT2D eigenvalue weighted by Crippen LogP contribution is 2.39. The molecule has 0 bridgehead atoms. The molecule has 1 aliphatic rings. The summed E-state index contributed by atoms with van der Waals surface area (Å²) in [6, 6.07) is 17.0. The second-order valence-electron chi connectivity index (χ2n) is 7.84. The van der Waals surface area contributed by atoms with Gasteiger partial charge in [-0.15, -0.1) is 0 Å². The van der Waals surface area contributed by atoms with Crippen LogP contribution in [0.2, 0.25) is 0 Å². The Bertz CT molecular complexity index is 1170. The van der Waals surface area contributed by atoms with Crippen LogP contribution in [-0.2, 0) is 20.7 Å². The molecule has 0 fully saturated rings. The zero-order valence-corrected chi connectivity index (χ0v) is 19.0. The van der Waals surface area contributed by atoms with Crippen LogP contribution in [0.15, 0.2) is 54.6 Å². The van der Waals surface area contributed by atoms with E-state index in [2.05, 4.69) is 0 Å². The summed E-state index contributed by atoms with van der Waals surface area (Å²) < 4.78 is 21.6. The normalized spacial score (nSPS) is 15.0. The first-order chi connectivity index (χ1) is 16.0. The number of ether oxygens (including phenoxy) is 4. The fourth-order valence-electron chi connectivity index (χ4n) is 4.27. The second-order valence-corrected chi connectivity index (χ2v) is 7.84. The van der Waals surface area contributed by atoms with Crippen LogP contribution in [-0.4, -0.2) is 51.3 Å². The molecule has 0 saturated heterocycles. The lowest BCUT2D eigenvalue weighted by atomic mass is 9.90. The van der Waals surface area contributed by atoms with Gasteiger partial charge in [0.05, 0.1) is 33.8 Å². The Morgan fingerprint density at radius 1 is 0.939 bits per heavy atom. The smallest absolute Gasteiger partial charge is 0.307 e. The fraction of sp³-hybridized carbons (Fsp3) is 0.308. The molecule has 7 heteroatoms. The van der Waals surface area contributed by atoms with Gasteiger partial charge < -0.3 is 23.8 Å². The minimum absolute atomic E-state index is 0.0424. The number of benzene rings is 3. The van der Waals surface area contributed by atoms with Gasteiger partial charge in [-0.1, -0.05) is 30.3 Å². The molecule has 1 amide bonds. The highest BCUT2D eigenvalue weighted by Gasteiger charge is 2.34. The summed E-state index contributed by atoms with van der Waals surface area (Å²) in [4.78, 5) is 27.1. The SMILES string of the molecule is COC(=O)CC1c2cc(OC)c(OC)cc2CCN1C(=O)COc1ccc2ccccc2c1. The molecule has 0 spiro atoms. The van der Waals surface area contributed by atoms with Gasteiger partial charge in [0.1, 0.15) is 5.75 Å². The molecule has 172 valence electrons. The Hall–Kier alpha value is -3.74. The standard InChI is InChI=1S/C26H27NO6/c1-30-23-13-19-10-11-27(22(15-26(29)32-3)21(19)14-24(23)31-2)25(28)16-33-20-9-8-17-6-4-5-7-18(17)12-20/h4-9,12-14,22H,10-11,15-16H2,1-3H3. The van der Waals surface area contributed by atoms with Crippen molar-refractivity contribution in [3.05, 3.63) is 65.7 Å². The van der Waals surface area contributed by atoms with Crippen LogP contribution in [0, 0.1) is 0 Å². The number of carbonyl (C=O) groups excluding carboxylic acids is 2. The van der Waals surface area contributed by atoms with E-state index in [1.54, 1.807) is 19.1 Å². The van der Waals surface area contributed by atoms with E-state index in [0.29, 0.717) is 30.2 Å². The van der Waals surface area contributed by atoms with Gasteiger partial charge in [-0.05, 0) is 52.6 Å². The number of carbonyl (C=O) groups is 2. The van der Waals surface area contributed by atoms with Crippen LogP contribution in [0.4, 0.5) is 0 Å². The summed E-state index contributed by atoms with van der Waals surface area (Å²) in [5.41, 5.74) is 1.87. The third-order valence-electron chi connectivity index (χ3n) is 5.99. The topological polar surface area (TPSA) is 74.3 Å². The zero-order valence-electron chi connectivity index (χ0n) is 19.0. The van der Waals surface area contributed by atoms with E-state index in [4.69, 9.17) is 18.9 Å². The van der Waals surface area contributed by atoms with Crippen molar-refractivity contribution in [3.63, 3.8) is 0 Å². The summed E-state index contributed by atoms with van der Waals surface area (Å²) in [5.74, 6) is 1.20. The maximum absolute atomic E-state index is 13.2. The molecular formula is C26H27NO6. The molecule has 3 aromatic rings. The largest absolute Gasteiger partial charge is 0.493 e. The number of methoxy groups -OCH3 is 3. The van der Waals surface area contributed by atoms with Crippen LogP contribution in [0.3, 0.4) is 0 Å². The lowest BCUT2D eigenvalue weighted by Crippen LogP contribution is -2.43. The number of hydrogen-bond donors (Lipinski definition) is 0. The summed E-state index contributed by atoms with van der Waals surface area (Å²) in [6.07, 6.45) is 0.676. The van der Waals surface area contributed by atoms with Gasteiger partial charge in [0.15, 0.2) is 18.1 Å². The molecule has 1 heterocycles. The highest BCUT2D eigenvalue weighted by molar-refractivity contribution is 5.84. The van der Waals surface area contributed by atoms with E-state index in [1.807, 2.05) is 54.6 Å². The maximum Gasteiger partial charge on any atom is 0.307 e. The first-order valence-electron chi connectivity index (χ1n) is 10.8. The van der Waals surface area contributed by atoms with Crippen molar-refractivity contribution >= 4 is 22.6 Å². The van der Waals surface area contributed by atoms with Crippen LogP contribution in [0.25, 0.3) is 10.8 Å². The number of rotatable bonds is 7. The summed E-state index contributed by atoms with van der Waals surface area (Å²) in [7, 11) is 4.48. The van der Waals surface area contributed by atoms with E-state index < -0.39 is 12.0 Å². The van der Waals surface area contributed by atoms with Crippen molar-refractivity contribution in [1.82, 2.24) is 4.90 Å². The van der Waals surface area contributed by atoms with Gasteiger partial charge in [0, 0.05) is 6.54 Å². The number of hydrogen-bond acceptors (Lipinski definition) is 6. The van der Waals surface area contributed by atoms with Gasteiger partial charge in [0.25, 0.3) is 5.91 Å². The number of nitrogens with zero attached hydrogens (tertiary/aromatic N) is 1. The van der Waals surface area contributed by atoms with Crippen molar-refractivity contribution in [2.45, 2.75) is 18.9 Å². The van der Waals surface area contributed by atoms with E-state index in [1.165, 1.54) is 7.11 Å². The Morgan fingerprint density at radius 3 is 2.39 bits per heavy atom. The molecule has 0 radical (unpaired) electrons. The number of esters is 1. The van der Waals surface area contributed by atoms with E-state index >= 15 is 0 Å². The predicted octanol–water partition coefficient (Wildman–Crippen LogP) is 3.92. The van der Waals surface area contributed by atoms with E-state index in [0.717, 1.165) is 21.9 Å². The monoisotopic (exact) mass is 449 g/mol. The molecule has 1 atom stereocenters. The quantitative estimate of drug-likeness (QED) is 0.509. The molecule has 0 N–H and O–H groups in total. The van der Waals surface area contributed by atoms with Crippen molar-refractivity contribution in [2.75, 3.05) is 34.5 Å². The molecular weight excluding hydrogens is 422 g/mol. The molecule has 33 heavy (non-hydrogen) atoms. The third kappa shape index (κ3) is 4.72. The Kier molecular flexibility index (Phi) is 6.68. The maximum atomic E-state index is 13.2. The minimum Gasteiger partial charge on any atom is -0.493 e. The average Bonchev–Trinajstić information content (AvgIpc) is 2.86. The zero-order chi connectivity index (χ0) is 23.4. The van der Waals surface area contributed by atoms with Gasteiger partial charge in [-0.25, -0.2) is 0 Å². The lowest BCUT2D eigenvalue weighted by molar-refractivity contribution is -0.144. The third-order valence-corrected chi connectivity index (χ3v) is 5.99. The van der Waals surface area contributed by atoms with Crippen molar-refractivity contribution < 1.29 is 28.5 Å². The van der Waals surface area contributed by atoms with Crippen LogP contribution >= 0.6 is 0 Å². The van der Waals surface area contributed by atoms with E-state index in [9.17, 15) is 9.59 Å². The van der Waals surface area contributed by atoms with Crippen molar-refractivity contribution in [3.8, 4) is 17.2 Å².